The fourth-order valence-electron chi connectivity index (χ4n) is 3.19. The van der Waals surface area contributed by atoms with E-state index in [4.69, 9.17) is 0 Å². The smallest absolute Gasteiger partial charge is 0.242 e. The first-order valence-electron chi connectivity index (χ1n) is 9.77. The lowest BCUT2D eigenvalue weighted by Gasteiger charge is -2.23. The van der Waals surface area contributed by atoms with Crippen LogP contribution in [-0.4, -0.2) is 21.3 Å². The summed E-state index contributed by atoms with van der Waals surface area (Å²) < 4.78 is 43.6. The molecule has 1 N–H and O–H groups in total. The van der Waals surface area contributed by atoms with Gasteiger partial charge in [-0.3, -0.25) is 0 Å². The molecule has 7 heteroatoms. The Morgan fingerprint density at radius 1 is 1.13 bits per heavy atom. The Kier molecular flexibility index (Phi) is 6.36. The van der Waals surface area contributed by atoms with Gasteiger partial charge in [-0.1, -0.05) is 42.0 Å². The molecule has 1 heterocycles. The van der Waals surface area contributed by atoms with Crippen LogP contribution in [0.2, 0.25) is 0 Å². The van der Waals surface area contributed by atoms with Crippen LogP contribution in [0.5, 0.6) is 0 Å². The maximum Gasteiger partial charge on any atom is 0.268 e. The van der Waals surface area contributed by atoms with E-state index in [1.54, 1.807) is 42.6 Å². The van der Waals surface area contributed by atoms with Gasteiger partial charge in [-0.05, 0) is 57.9 Å². The number of nitrogens with one attached hydrogen (secondary N) is 1. The van der Waals surface area contributed by atoms with Crippen molar-refractivity contribution in [2.24, 2.45) is 0 Å². The minimum atomic E-state index is -3.78. The molecule has 0 spiro atoms. The zero-order chi connectivity index (χ0) is 22.1. The molecule has 3 aromatic rings. The van der Waals surface area contributed by atoms with Crippen molar-refractivity contribution in [2.45, 2.75) is 49.8 Å². The summed E-state index contributed by atoms with van der Waals surface area (Å²) in [5.41, 5.74) is 2.36. The molecule has 0 aliphatic carbocycles. The predicted molar refractivity (Wildman–Crippen MR) is 124 cm³/mol. The first-order chi connectivity index (χ1) is 14.1. The monoisotopic (exact) mass is 444 g/mol. The standard InChI is InChI=1S/C23H28N2O3S2/c1-6-9-21(24-29(26)23(3,4)5)20-16-25(22-11-8-7-10-19(20)22)30(27,28)18-14-12-17(2)13-15-18/h6-8,10-16,21,24H,1,9H2,2-5H3. The van der Waals surface area contributed by atoms with Crippen LogP contribution in [-0.2, 0) is 21.0 Å². The van der Waals surface area contributed by atoms with E-state index in [1.807, 2.05) is 45.9 Å². The average molecular weight is 445 g/mol. The van der Waals surface area contributed by atoms with Gasteiger partial charge in [-0.2, -0.15) is 0 Å². The molecule has 0 bridgehead atoms. The second-order valence-corrected chi connectivity index (χ2v) is 12.1. The third-order valence-electron chi connectivity index (χ3n) is 4.87. The Hall–Kier alpha value is -2.22. The summed E-state index contributed by atoms with van der Waals surface area (Å²) in [5, 5.41) is 0.804. The van der Waals surface area contributed by atoms with Crippen molar-refractivity contribution >= 4 is 31.9 Å². The maximum atomic E-state index is 13.4. The SMILES string of the molecule is C=CCC(NS(=O)C(C)(C)C)c1cn(S(=O)(=O)c2ccc(C)cc2)c2ccccc12. The maximum absolute atomic E-state index is 13.4. The number of rotatable bonds is 7. The molecule has 2 aromatic carbocycles. The highest BCUT2D eigenvalue weighted by Gasteiger charge is 2.27. The summed E-state index contributed by atoms with van der Waals surface area (Å²) in [5.74, 6) is 0. The predicted octanol–water partition coefficient (Wildman–Crippen LogP) is 4.86. The third kappa shape index (κ3) is 4.43. The van der Waals surface area contributed by atoms with Gasteiger partial charge >= 0.3 is 0 Å². The van der Waals surface area contributed by atoms with Crippen LogP contribution in [0, 0.1) is 6.92 Å². The van der Waals surface area contributed by atoms with E-state index in [2.05, 4.69) is 11.3 Å². The number of nitrogens with zero attached hydrogens (tertiary/aromatic N) is 1. The molecule has 30 heavy (non-hydrogen) atoms. The van der Waals surface area contributed by atoms with Gasteiger partial charge in [0.15, 0.2) is 0 Å². The van der Waals surface area contributed by atoms with Gasteiger partial charge in [-0.15, -0.1) is 6.58 Å². The van der Waals surface area contributed by atoms with Gasteiger partial charge in [0.2, 0.25) is 0 Å². The van der Waals surface area contributed by atoms with Crippen molar-refractivity contribution in [3.8, 4) is 0 Å². The molecule has 0 saturated heterocycles. The number of aromatic nitrogens is 1. The van der Waals surface area contributed by atoms with E-state index in [0.717, 1.165) is 16.5 Å². The highest BCUT2D eigenvalue weighted by Crippen LogP contribution is 2.32. The molecule has 0 aliphatic heterocycles. The molecule has 3 rings (SSSR count). The molecule has 0 fully saturated rings. The van der Waals surface area contributed by atoms with Crippen LogP contribution in [0.15, 0.2) is 72.3 Å². The molecular formula is C23H28N2O3S2. The molecule has 0 amide bonds. The third-order valence-corrected chi connectivity index (χ3v) is 8.17. The van der Waals surface area contributed by atoms with Crippen LogP contribution in [0.3, 0.4) is 0 Å². The number of aryl methyl sites for hydroxylation is 1. The lowest BCUT2D eigenvalue weighted by atomic mass is 10.0. The fourth-order valence-corrected chi connectivity index (χ4v) is 5.40. The van der Waals surface area contributed by atoms with E-state index in [9.17, 15) is 12.6 Å². The Morgan fingerprint density at radius 3 is 2.37 bits per heavy atom. The normalized spacial score (nSPS) is 14.5. The molecule has 2 atom stereocenters. The molecule has 2 unspecified atom stereocenters. The summed E-state index contributed by atoms with van der Waals surface area (Å²) in [4.78, 5) is 0.229. The van der Waals surface area contributed by atoms with Crippen molar-refractivity contribution in [2.75, 3.05) is 0 Å². The zero-order valence-corrected chi connectivity index (χ0v) is 19.4. The fraction of sp³-hybridized carbons (Fsp3) is 0.304. The van der Waals surface area contributed by atoms with E-state index in [-0.39, 0.29) is 10.9 Å². The van der Waals surface area contributed by atoms with Crippen LogP contribution < -0.4 is 4.72 Å². The van der Waals surface area contributed by atoms with Gasteiger partial charge in [0.1, 0.15) is 0 Å². The summed E-state index contributed by atoms with van der Waals surface area (Å²) in [7, 11) is -5.10. The lowest BCUT2D eigenvalue weighted by molar-refractivity contribution is 0.588. The topological polar surface area (TPSA) is 68.2 Å². The van der Waals surface area contributed by atoms with Crippen LogP contribution >= 0.6 is 0 Å². The molecule has 160 valence electrons. The molecule has 1 aromatic heterocycles. The quantitative estimate of drug-likeness (QED) is 0.530. The highest BCUT2D eigenvalue weighted by atomic mass is 32.2. The second kappa shape index (κ2) is 8.49. The van der Waals surface area contributed by atoms with Gasteiger partial charge in [0.05, 0.1) is 26.1 Å². The molecule has 0 saturated carbocycles. The minimum absolute atomic E-state index is 0.229. The van der Waals surface area contributed by atoms with Gasteiger partial charge in [0.25, 0.3) is 10.0 Å². The number of para-hydroxylation sites is 1. The second-order valence-electron chi connectivity index (χ2n) is 8.29. The van der Waals surface area contributed by atoms with Crippen molar-refractivity contribution in [3.63, 3.8) is 0 Å². The van der Waals surface area contributed by atoms with Crippen molar-refractivity contribution in [3.05, 3.63) is 78.5 Å². The van der Waals surface area contributed by atoms with Crippen molar-refractivity contribution in [1.82, 2.24) is 8.69 Å². The van der Waals surface area contributed by atoms with Gasteiger partial charge < -0.3 is 0 Å². The van der Waals surface area contributed by atoms with E-state index >= 15 is 0 Å². The van der Waals surface area contributed by atoms with Gasteiger partial charge in [0, 0.05) is 17.6 Å². The average Bonchev–Trinajstić information content (AvgIpc) is 3.07. The number of hydrogen-bond acceptors (Lipinski definition) is 3. The molecule has 0 aliphatic rings. The number of fused-ring (bicyclic) bond motifs is 1. The van der Waals surface area contributed by atoms with Crippen molar-refractivity contribution in [1.29, 1.82) is 0 Å². The Balaban J connectivity index is 2.16. The van der Waals surface area contributed by atoms with Crippen LogP contribution in [0.25, 0.3) is 10.9 Å². The summed E-state index contributed by atoms with van der Waals surface area (Å²) in [6, 6.07) is 13.8. The van der Waals surface area contributed by atoms with Crippen molar-refractivity contribution < 1.29 is 12.6 Å². The first-order valence-corrected chi connectivity index (χ1v) is 12.4. The van der Waals surface area contributed by atoms with E-state index in [0.29, 0.717) is 11.9 Å². The Morgan fingerprint density at radius 2 is 1.77 bits per heavy atom. The molecule has 0 radical (unpaired) electrons. The first kappa shape index (κ1) is 22.5. The summed E-state index contributed by atoms with van der Waals surface area (Å²) in [6.45, 7) is 11.4. The van der Waals surface area contributed by atoms with Crippen LogP contribution in [0.1, 0.15) is 44.4 Å². The van der Waals surface area contributed by atoms with E-state index < -0.39 is 25.8 Å². The number of hydrogen-bond donors (Lipinski definition) is 1. The number of benzene rings is 2. The largest absolute Gasteiger partial charge is 0.268 e. The Labute approximate surface area is 181 Å². The van der Waals surface area contributed by atoms with E-state index in [1.165, 1.54) is 3.97 Å². The summed E-state index contributed by atoms with van der Waals surface area (Å²) >= 11 is 0. The molecule has 5 nitrogen and oxygen atoms in total. The minimum Gasteiger partial charge on any atom is -0.242 e. The summed E-state index contributed by atoms with van der Waals surface area (Å²) in [6.07, 6.45) is 3.90. The Bertz CT molecular complexity index is 1190. The van der Waals surface area contributed by atoms with Crippen LogP contribution in [0.4, 0.5) is 0 Å². The zero-order valence-electron chi connectivity index (χ0n) is 17.8. The molecular weight excluding hydrogens is 416 g/mol. The lowest BCUT2D eigenvalue weighted by Crippen LogP contribution is -2.35. The highest BCUT2D eigenvalue weighted by molar-refractivity contribution is 7.90. The van der Waals surface area contributed by atoms with Gasteiger partial charge in [-0.25, -0.2) is 21.3 Å².